The third-order valence-corrected chi connectivity index (χ3v) is 2.08. The molecule has 5 nitrogen and oxygen atoms in total. The second-order valence-corrected chi connectivity index (χ2v) is 3.26. The molecule has 0 heterocycles. The van der Waals surface area contributed by atoms with Crippen LogP contribution in [0.15, 0.2) is 18.2 Å². The minimum atomic E-state index is -0.229. The number of aldehydes is 1. The molecule has 0 bridgehead atoms. The molecule has 0 radical (unpaired) electrons. The lowest BCUT2D eigenvalue weighted by atomic mass is 10.2. The van der Waals surface area contributed by atoms with E-state index in [1.54, 1.807) is 18.2 Å². The molecule has 92 valence electrons. The van der Waals surface area contributed by atoms with Crippen molar-refractivity contribution in [3.05, 3.63) is 23.8 Å². The molecule has 1 aromatic carbocycles. The standard InChI is InChI=1S/C12H15NO4/c1-3-13-12(15)8-17-11-6-10(16-2)5-4-9(11)7-14/h4-7H,3,8H2,1-2H3,(H,13,15). The number of carbonyl (C=O) groups excluding carboxylic acids is 2. The summed E-state index contributed by atoms with van der Waals surface area (Å²) in [4.78, 5) is 22.0. The van der Waals surface area contributed by atoms with Gasteiger partial charge in [0.05, 0.1) is 12.7 Å². The van der Waals surface area contributed by atoms with Crippen LogP contribution in [-0.4, -0.2) is 32.5 Å². The molecule has 1 rings (SSSR count). The highest BCUT2D eigenvalue weighted by molar-refractivity contribution is 5.81. The summed E-state index contributed by atoms with van der Waals surface area (Å²) >= 11 is 0. The maximum Gasteiger partial charge on any atom is 0.257 e. The number of benzene rings is 1. The number of hydrogen-bond acceptors (Lipinski definition) is 4. The quantitative estimate of drug-likeness (QED) is 0.750. The van der Waals surface area contributed by atoms with E-state index < -0.39 is 0 Å². The zero-order valence-corrected chi connectivity index (χ0v) is 9.86. The Hall–Kier alpha value is -2.04. The smallest absolute Gasteiger partial charge is 0.257 e. The number of carbonyl (C=O) groups is 2. The van der Waals surface area contributed by atoms with Crippen molar-refractivity contribution < 1.29 is 19.1 Å². The van der Waals surface area contributed by atoms with Crippen LogP contribution >= 0.6 is 0 Å². The molecule has 0 aliphatic heterocycles. The van der Waals surface area contributed by atoms with Crippen LogP contribution in [0.4, 0.5) is 0 Å². The number of rotatable bonds is 6. The molecule has 0 fully saturated rings. The van der Waals surface area contributed by atoms with Gasteiger partial charge >= 0.3 is 0 Å². The van der Waals surface area contributed by atoms with E-state index in [0.717, 1.165) is 0 Å². The predicted octanol–water partition coefficient (Wildman–Crippen LogP) is 1.02. The largest absolute Gasteiger partial charge is 0.497 e. The lowest BCUT2D eigenvalue weighted by Crippen LogP contribution is -2.28. The minimum absolute atomic E-state index is 0.123. The Morgan fingerprint density at radius 1 is 1.47 bits per heavy atom. The molecule has 0 aliphatic carbocycles. The van der Waals surface area contributed by atoms with E-state index in [-0.39, 0.29) is 12.5 Å². The van der Waals surface area contributed by atoms with Crippen molar-refractivity contribution >= 4 is 12.2 Å². The van der Waals surface area contributed by atoms with Gasteiger partial charge in [-0.2, -0.15) is 0 Å². The summed E-state index contributed by atoms with van der Waals surface area (Å²) in [7, 11) is 1.52. The van der Waals surface area contributed by atoms with Crippen LogP contribution in [-0.2, 0) is 4.79 Å². The van der Waals surface area contributed by atoms with Crippen molar-refractivity contribution in [3.8, 4) is 11.5 Å². The van der Waals surface area contributed by atoms with Gasteiger partial charge < -0.3 is 14.8 Å². The van der Waals surface area contributed by atoms with Crippen molar-refractivity contribution in [1.82, 2.24) is 5.32 Å². The van der Waals surface area contributed by atoms with E-state index in [2.05, 4.69) is 5.32 Å². The maximum absolute atomic E-state index is 11.2. The number of nitrogens with one attached hydrogen (secondary N) is 1. The molecule has 0 saturated heterocycles. The summed E-state index contributed by atoms with van der Waals surface area (Å²) in [5, 5.41) is 2.60. The van der Waals surface area contributed by atoms with Crippen molar-refractivity contribution in [3.63, 3.8) is 0 Å². The minimum Gasteiger partial charge on any atom is -0.497 e. The van der Waals surface area contributed by atoms with Gasteiger partial charge in [-0.25, -0.2) is 0 Å². The molecule has 0 unspecified atom stereocenters. The number of hydrogen-bond donors (Lipinski definition) is 1. The summed E-state index contributed by atoms with van der Waals surface area (Å²) < 4.78 is 10.3. The summed E-state index contributed by atoms with van der Waals surface area (Å²) in [6.07, 6.45) is 0.673. The highest BCUT2D eigenvalue weighted by Gasteiger charge is 2.07. The van der Waals surface area contributed by atoms with Crippen molar-refractivity contribution in [1.29, 1.82) is 0 Å². The van der Waals surface area contributed by atoms with Gasteiger partial charge in [0.15, 0.2) is 12.9 Å². The number of likely N-dealkylation sites (N-methyl/N-ethyl adjacent to an activating group) is 1. The van der Waals surface area contributed by atoms with E-state index >= 15 is 0 Å². The highest BCUT2D eigenvalue weighted by Crippen LogP contribution is 2.23. The van der Waals surface area contributed by atoms with E-state index in [4.69, 9.17) is 9.47 Å². The predicted molar refractivity (Wildman–Crippen MR) is 62.6 cm³/mol. The average molecular weight is 237 g/mol. The maximum atomic E-state index is 11.2. The van der Waals surface area contributed by atoms with Crippen molar-refractivity contribution in [2.24, 2.45) is 0 Å². The van der Waals surface area contributed by atoms with E-state index in [1.165, 1.54) is 7.11 Å². The first-order valence-electron chi connectivity index (χ1n) is 5.24. The van der Waals surface area contributed by atoms with Gasteiger partial charge in [-0.15, -0.1) is 0 Å². The molecule has 0 aromatic heterocycles. The number of methoxy groups -OCH3 is 1. The second-order valence-electron chi connectivity index (χ2n) is 3.26. The third kappa shape index (κ3) is 3.79. The summed E-state index contributed by atoms with van der Waals surface area (Å²) in [6, 6.07) is 4.81. The summed E-state index contributed by atoms with van der Waals surface area (Å²) in [5.74, 6) is 0.680. The lowest BCUT2D eigenvalue weighted by molar-refractivity contribution is -0.122. The number of amides is 1. The fraction of sp³-hybridized carbons (Fsp3) is 0.333. The first-order chi connectivity index (χ1) is 8.21. The van der Waals surface area contributed by atoms with Crippen molar-refractivity contribution in [2.75, 3.05) is 20.3 Å². The summed E-state index contributed by atoms with van der Waals surface area (Å²) in [6.45, 7) is 2.24. The lowest BCUT2D eigenvalue weighted by Gasteiger charge is -2.09. The fourth-order valence-corrected chi connectivity index (χ4v) is 1.26. The van der Waals surface area contributed by atoms with Crippen LogP contribution in [0.1, 0.15) is 17.3 Å². The van der Waals surface area contributed by atoms with Crippen molar-refractivity contribution in [2.45, 2.75) is 6.92 Å². The molecule has 1 aromatic rings. The molecule has 17 heavy (non-hydrogen) atoms. The van der Waals surface area contributed by atoms with E-state index in [0.29, 0.717) is 29.9 Å². The molecular formula is C12H15NO4. The van der Waals surface area contributed by atoms with Crippen LogP contribution in [0.3, 0.4) is 0 Å². The molecule has 0 atom stereocenters. The van der Waals surface area contributed by atoms with Crippen LogP contribution in [0.2, 0.25) is 0 Å². The fourth-order valence-electron chi connectivity index (χ4n) is 1.26. The van der Waals surface area contributed by atoms with Gasteiger partial charge in [0.1, 0.15) is 11.5 Å². The van der Waals surface area contributed by atoms with Gasteiger partial charge in [-0.05, 0) is 19.1 Å². The zero-order chi connectivity index (χ0) is 12.7. The van der Waals surface area contributed by atoms with Gasteiger partial charge in [-0.3, -0.25) is 9.59 Å². The van der Waals surface area contributed by atoms with Gasteiger partial charge in [0, 0.05) is 12.6 Å². The van der Waals surface area contributed by atoms with E-state index in [9.17, 15) is 9.59 Å². The number of ether oxygens (including phenoxy) is 2. The molecule has 5 heteroatoms. The first kappa shape index (κ1) is 13.0. The zero-order valence-electron chi connectivity index (χ0n) is 9.86. The van der Waals surface area contributed by atoms with Crippen LogP contribution < -0.4 is 14.8 Å². The van der Waals surface area contributed by atoms with Crippen LogP contribution in [0, 0.1) is 0 Å². The SMILES string of the molecule is CCNC(=O)COc1cc(OC)ccc1C=O. The molecule has 0 spiro atoms. The highest BCUT2D eigenvalue weighted by atomic mass is 16.5. The van der Waals surface area contributed by atoms with Gasteiger partial charge in [0.25, 0.3) is 5.91 Å². The normalized spacial score (nSPS) is 9.53. The monoisotopic (exact) mass is 237 g/mol. The first-order valence-corrected chi connectivity index (χ1v) is 5.24. The van der Waals surface area contributed by atoms with E-state index in [1.807, 2.05) is 6.92 Å². The Morgan fingerprint density at radius 3 is 2.82 bits per heavy atom. The Balaban J connectivity index is 2.74. The van der Waals surface area contributed by atoms with Gasteiger partial charge in [0.2, 0.25) is 0 Å². The molecule has 0 aliphatic rings. The Kier molecular flexibility index (Phi) is 5.00. The molecular weight excluding hydrogens is 222 g/mol. The van der Waals surface area contributed by atoms with Crippen LogP contribution in [0.5, 0.6) is 11.5 Å². The average Bonchev–Trinajstić information content (AvgIpc) is 2.36. The van der Waals surface area contributed by atoms with Crippen LogP contribution in [0.25, 0.3) is 0 Å². The van der Waals surface area contributed by atoms with Gasteiger partial charge in [-0.1, -0.05) is 0 Å². The Morgan fingerprint density at radius 2 is 2.24 bits per heavy atom. The Labute approximate surface area is 99.7 Å². The third-order valence-electron chi connectivity index (χ3n) is 2.08. The second kappa shape index (κ2) is 6.52. The molecule has 1 amide bonds. The topological polar surface area (TPSA) is 64.6 Å². The molecule has 0 saturated carbocycles. The summed E-state index contributed by atoms with van der Waals surface area (Å²) in [5.41, 5.74) is 0.384. The Bertz CT molecular complexity index is 403. The molecule has 1 N–H and O–H groups in total.